The Morgan fingerprint density at radius 2 is 1.38 bits per heavy atom. The van der Waals surface area contributed by atoms with Gasteiger partial charge >= 0.3 is 0 Å². The molecule has 29 heavy (non-hydrogen) atoms. The summed E-state index contributed by atoms with van der Waals surface area (Å²) in [5, 5.41) is 2.54. The van der Waals surface area contributed by atoms with E-state index in [9.17, 15) is 0 Å². The maximum absolute atomic E-state index is 4.82. The number of benzene rings is 2. The molecular weight excluding hydrogens is 350 g/mol. The average molecular weight is 388 g/mol. The standard InChI is InChI=1S/C28H37N/c1-19(2)12-22-14-23(13-20(3)4)17-25(16-22)27-26-9-8-21(18-28(5,6)7)15-24(26)10-11-29-27/h8-11,14-17,19-20H,12-13,18H2,1-7H3. The molecule has 0 bridgehead atoms. The number of pyridine rings is 1. The fraction of sp³-hybridized carbons (Fsp3) is 0.464. The van der Waals surface area contributed by atoms with E-state index in [1.807, 2.05) is 6.20 Å². The van der Waals surface area contributed by atoms with E-state index in [1.165, 1.54) is 33.0 Å². The highest BCUT2D eigenvalue weighted by molar-refractivity contribution is 5.95. The largest absolute Gasteiger partial charge is 0.256 e. The van der Waals surface area contributed by atoms with Crippen LogP contribution in [0.3, 0.4) is 0 Å². The van der Waals surface area contributed by atoms with E-state index in [2.05, 4.69) is 90.9 Å². The van der Waals surface area contributed by atoms with E-state index >= 15 is 0 Å². The molecule has 1 heterocycles. The Bertz CT molecular complexity index is 945. The minimum Gasteiger partial charge on any atom is -0.256 e. The smallest absolute Gasteiger partial charge is 0.0780 e. The van der Waals surface area contributed by atoms with Crippen molar-refractivity contribution in [1.82, 2.24) is 4.98 Å². The molecule has 1 aromatic heterocycles. The van der Waals surface area contributed by atoms with Crippen molar-refractivity contribution >= 4 is 10.8 Å². The summed E-state index contributed by atoms with van der Waals surface area (Å²) in [7, 11) is 0. The third-order valence-electron chi connectivity index (χ3n) is 5.18. The zero-order valence-corrected chi connectivity index (χ0v) is 19.3. The highest BCUT2D eigenvalue weighted by atomic mass is 14.7. The van der Waals surface area contributed by atoms with Crippen LogP contribution >= 0.6 is 0 Å². The zero-order valence-electron chi connectivity index (χ0n) is 19.3. The molecule has 1 heteroatoms. The van der Waals surface area contributed by atoms with E-state index in [0.29, 0.717) is 17.3 Å². The minimum absolute atomic E-state index is 0.292. The van der Waals surface area contributed by atoms with Crippen molar-refractivity contribution in [2.24, 2.45) is 17.3 Å². The van der Waals surface area contributed by atoms with Crippen LogP contribution in [0, 0.1) is 17.3 Å². The summed E-state index contributed by atoms with van der Waals surface area (Å²) in [6.07, 6.45) is 5.28. The Labute approximate surface area is 177 Å². The zero-order chi connectivity index (χ0) is 21.2. The highest BCUT2D eigenvalue weighted by Crippen LogP contribution is 2.31. The van der Waals surface area contributed by atoms with Crippen LogP contribution in [-0.2, 0) is 19.3 Å². The van der Waals surface area contributed by atoms with Gasteiger partial charge in [-0.2, -0.15) is 0 Å². The topological polar surface area (TPSA) is 12.9 Å². The van der Waals surface area contributed by atoms with Gasteiger partial charge in [0.05, 0.1) is 5.69 Å². The maximum atomic E-state index is 4.82. The third kappa shape index (κ3) is 5.92. The molecule has 0 N–H and O–H groups in total. The average Bonchev–Trinajstić information content (AvgIpc) is 2.58. The minimum atomic E-state index is 0.292. The molecule has 154 valence electrons. The molecule has 0 fully saturated rings. The molecule has 0 unspecified atom stereocenters. The first-order valence-corrected chi connectivity index (χ1v) is 11.1. The van der Waals surface area contributed by atoms with Crippen LogP contribution in [0.1, 0.15) is 65.2 Å². The quantitative estimate of drug-likeness (QED) is 0.419. The van der Waals surface area contributed by atoms with Crippen molar-refractivity contribution in [2.45, 2.75) is 67.7 Å². The lowest BCUT2D eigenvalue weighted by Crippen LogP contribution is -2.08. The first-order valence-electron chi connectivity index (χ1n) is 11.1. The summed E-state index contributed by atoms with van der Waals surface area (Å²) in [6, 6.07) is 16.2. The molecule has 0 saturated heterocycles. The molecule has 0 aliphatic heterocycles. The van der Waals surface area contributed by atoms with Gasteiger partial charge in [0.15, 0.2) is 0 Å². The number of fused-ring (bicyclic) bond motifs is 1. The van der Waals surface area contributed by atoms with Crippen molar-refractivity contribution < 1.29 is 0 Å². The summed E-state index contributed by atoms with van der Waals surface area (Å²) in [5.41, 5.74) is 6.91. The van der Waals surface area contributed by atoms with Crippen LogP contribution in [0.2, 0.25) is 0 Å². The van der Waals surface area contributed by atoms with Crippen LogP contribution in [0.25, 0.3) is 22.0 Å². The molecule has 0 aliphatic rings. The number of nitrogens with zero attached hydrogens (tertiary/aromatic N) is 1. The number of aromatic nitrogens is 1. The van der Waals surface area contributed by atoms with Gasteiger partial charge in [0.1, 0.15) is 0 Å². The summed E-state index contributed by atoms with van der Waals surface area (Å²) in [6.45, 7) is 16.1. The van der Waals surface area contributed by atoms with Gasteiger partial charge in [-0.25, -0.2) is 0 Å². The monoisotopic (exact) mass is 387 g/mol. The molecule has 3 aromatic rings. The van der Waals surface area contributed by atoms with Crippen LogP contribution in [0.15, 0.2) is 48.7 Å². The predicted molar refractivity (Wildman–Crippen MR) is 127 cm³/mol. The van der Waals surface area contributed by atoms with E-state index < -0.39 is 0 Å². The van der Waals surface area contributed by atoms with Gasteiger partial charge in [0, 0.05) is 17.1 Å². The second-order valence-electron chi connectivity index (χ2n) is 10.7. The predicted octanol–water partition coefficient (Wildman–Crippen LogP) is 7.89. The normalized spacial score (nSPS) is 12.3. The molecule has 0 atom stereocenters. The number of hydrogen-bond acceptors (Lipinski definition) is 1. The van der Waals surface area contributed by atoms with Crippen LogP contribution in [0.5, 0.6) is 0 Å². The fourth-order valence-corrected chi connectivity index (χ4v) is 4.26. The van der Waals surface area contributed by atoms with Crippen molar-refractivity contribution in [2.75, 3.05) is 0 Å². The molecule has 0 spiro atoms. The molecule has 3 rings (SSSR count). The van der Waals surface area contributed by atoms with Crippen molar-refractivity contribution in [3.05, 3.63) is 65.4 Å². The summed E-state index contributed by atoms with van der Waals surface area (Å²) < 4.78 is 0. The Morgan fingerprint density at radius 1 is 0.759 bits per heavy atom. The van der Waals surface area contributed by atoms with Gasteiger partial charge in [0.2, 0.25) is 0 Å². The van der Waals surface area contributed by atoms with E-state index in [1.54, 1.807) is 0 Å². The Hall–Kier alpha value is -2.15. The lowest BCUT2D eigenvalue weighted by Gasteiger charge is -2.19. The second kappa shape index (κ2) is 8.69. The third-order valence-corrected chi connectivity index (χ3v) is 5.18. The molecule has 0 amide bonds. The fourth-order valence-electron chi connectivity index (χ4n) is 4.26. The molecular formula is C28H37N. The van der Waals surface area contributed by atoms with Gasteiger partial charge in [0.25, 0.3) is 0 Å². The first kappa shape index (κ1) is 21.6. The summed E-state index contributed by atoms with van der Waals surface area (Å²) in [4.78, 5) is 4.82. The van der Waals surface area contributed by atoms with Gasteiger partial charge in [-0.15, -0.1) is 0 Å². The van der Waals surface area contributed by atoms with Crippen molar-refractivity contribution in [3.8, 4) is 11.3 Å². The van der Waals surface area contributed by atoms with Crippen LogP contribution in [0.4, 0.5) is 0 Å². The van der Waals surface area contributed by atoms with Crippen molar-refractivity contribution in [3.63, 3.8) is 0 Å². The van der Waals surface area contributed by atoms with E-state index in [0.717, 1.165) is 25.0 Å². The van der Waals surface area contributed by atoms with Gasteiger partial charge < -0.3 is 0 Å². The van der Waals surface area contributed by atoms with E-state index in [4.69, 9.17) is 4.98 Å². The molecule has 1 nitrogen and oxygen atoms in total. The SMILES string of the molecule is CC(C)Cc1cc(CC(C)C)cc(-c2nccc3cc(CC(C)(C)C)ccc23)c1. The second-order valence-corrected chi connectivity index (χ2v) is 10.7. The Kier molecular flexibility index (Phi) is 6.46. The van der Waals surface area contributed by atoms with Gasteiger partial charge in [-0.05, 0) is 76.8 Å². The molecule has 2 aromatic carbocycles. The highest BCUT2D eigenvalue weighted by Gasteiger charge is 2.14. The lowest BCUT2D eigenvalue weighted by molar-refractivity contribution is 0.411. The number of rotatable bonds is 6. The lowest BCUT2D eigenvalue weighted by atomic mass is 9.87. The number of hydrogen-bond donors (Lipinski definition) is 0. The van der Waals surface area contributed by atoms with Crippen molar-refractivity contribution in [1.29, 1.82) is 0 Å². The first-order chi connectivity index (χ1) is 13.6. The maximum Gasteiger partial charge on any atom is 0.0780 e. The van der Waals surface area contributed by atoms with Gasteiger partial charge in [-0.3, -0.25) is 4.98 Å². The van der Waals surface area contributed by atoms with Crippen LogP contribution in [-0.4, -0.2) is 4.98 Å². The molecule has 0 radical (unpaired) electrons. The molecule has 0 saturated carbocycles. The summed E-state index contributed by atoms with van der Waals surface area (Å²) >= 11 is 0. The van der Waals surface area contributed by atoms with Gasteiger partial charge in [-0.1, -0.05) is 72.7 Å². The molecule has 0 aliphatic carbocycles. The Balaban J connectivity index is 2.09. The van der Waals surface area contributed by atoms with E-state index in [-0.39, 0.29) is 0 Å². The summed E-state index contributed by atoms with van der Waals surface area (Å²) in [5.74, 6) is 1.30. The van der Waals surface area contributed by atoms with Crippen LogP contribution < -0.4 is 0 Å². The Morgan fingerprint density at radius 3 is 1.93 bits per heavy atom.